The van der Waals surface area contributed by atoms with Crippen LogP contribution in [0.25, 0.3) is 11.1 Å². The van der Waals surface area contributed by atoms with E-state index in [9.17, 15) is 4.79 Å². The van der Waals surface area contributed by atoms with E-state index >= 15 is 0 Å². The zero-order valence-electron chi connectivity index (χ0n) is 13.4. The van der Waals surface area contributed by atoms with Crippen LogP contribution in [0.4, 0.5) is 5.69 Å². The predicted octanol–water partition coefficient (Wildman–Crippen LogP) is 1.60. The largest absolute Gasteiger partial charge is 0.370 e. The number of carbonyl (C=O) groups is 1. The average Bonchev–Trinajstić information content (AvgIpc) is 2.63. The van der Waals surface area contributed by atoms with Gasteiger partial charge in [0.05, 0.1) is 13.2 Å². The van der Waals surface area contributed by atoms with Crippen molar-refractivity contribution in [3.63, 3.8) is 0 Å². The molecule has 0 saturated carbocycles. The second kappa shape index (κ2) is 7.40. The molecule has 1 heterocycles. The number of morpholine rings is 1. The van der Waals surface area contributed by atoms with Gasteiger partial charge in [0.25, 0.3) is 5.91 Å². The minimum atomic E-state index is -0.0808. The Morgan fingerprint density at radius 2 is 1.70 bits per heavy atom. The van der Waals surface area contributed by atoms with E-state index in [1.54, 1.807) is 0 Å². The Labute approximate surface area is 137 Å². The maximum absolute atomic E-state index is 12.6. The van der Waals surface area contributed by atoms with Crippen LogP contribution in [0.1, 0.15) is 6.92 Å². The molecule has 1 aliphatic heterocycles. The van der Waals surface area contributed by atoms with E-state index in [1.807, 2.05) is 49.4 Å². The Morgan fingerprint density at radius 3 is 2.43 bits per heavy atom. The normalized spacial score (nSPS) is 16.7. The molecule has 0 unspecified atom stereocenters. The van der Waals surface area contributed by atoms with E-state index in [2.05, 4.69) is 17.4 Å². The van der Waals surface area contributed by atoms with Gasteiger partial charge >= 0.3 is 0 Å². The lowest BCUT2D eigenvalue weighted by atomic mass is 10.0. The molecule has 1 aliphatic rings. The molecule has 3 rings (SSSR count). The first-order valence-electron chi connectivity index (χ1n) is 8.13. The number of carbonyl (C=O) groups excluding carboxylic acids is 1. The van der Waals surface area contributed by atoms with Crippen molar-refractivity contribution in [3.8, 4) is 11.1 Å². The molecule has 2 N–H and O–H groups in total. The van der Waals surface area contributed by atoms with E-state index in [-0.39, 0.29) is 11.9 Å². The fourth-order valence-corrected chi connectivity index (χ4v) is 2.95. The molecular formula is C19H23N2O2+. The third-order valence-corrected chi connectivity index (χ3v) is 4.41. The van der Waals surface area contributed by atoms with Crippen LogP contribution in [0.5, 0.6) is 0 Å². The number of ether oxygens (including phenoxy) is 1. The van der Waals surface area contributed by atoms with Crippen LogP contribution in [-0.4, -0.2) is 38.3 Å². The van der Waals surface area contributed by atoms with E-state index in [0.29, 0.717) is 0 Å². The summed E-state index contributed by atoms with van der Waals surface area (Å²) in [6, 6.07) is 18.0. The van der Waals surface area contributed by atoms with Gasteiger partial charge in [-0.25, -0.2) is 0 Å². The summed E-state index contributed by atoms with van der Waals surface area (Å²) in [6.45, 7) is 5.21. The number of hydrogen-bond donors (Lipinski definition) is 2. The molecule has 0 aromatic heterocycles. The van der Waals surface area contributed by atoms with Gasteiger partial charge in [0.1, 0.15) is 13.1 Å². The Kier molecular flexibility index (Phi) is 5.05. The van der Waals surface area contributed by atoms with Crippen molar-refractivity contribution >= 4 is 11.6 Å². The average molecular weight is 311 g/mol. The first-order valence-corrected chi connectivity index (χ1v) is 8.13. The van der Waals surface area contributed by atoms with Gasteiger partial charge in [0.2, 0.25) is 0 Å². The number of amides is 1. The highest BCUT2D eigenvalue weighted by Crippen LogP contribution is 2.27. The van der Waals surface area contributed by atoms with Crippen LogP contribution in [-0.2, 0) is 9.53 Å². The molecule has 1 atom stereocenters. The van der Waals surface area contributed by atoms with Gasteiger partial charge < -0.3 is 15.0 Å². The van der Waals surface area contributed by atoms with Gasteiger partial charge in [0, 0.05) is 11.3 Å². The predicted molar refractivity (Wildman–Crippen MR) is 91.5 cm³/mol. The molecule has 120 valence electrons. The second-order valence-electron chi connectivity index (χ2n) is 5.89. The molecule has 0 radical (unpaired) electrons. The highest BCUT2D eigenvalue weighted by molar-refractivity contribution is 5.97. The monoisotopic (exact) mass is 311 g/mol. The first-order chi connectivity index (χ1) is 11.3. The van der Waals surface area contributed by atoms with Crippen LogP contribution in [0.3, 0.4) is 0 Å². The number of rotatable bonds is 4. The molecule has 2 aromatic carbocycles. The Balaban J connectivity index is 1.76. The van der Waals surface area contributed by atoms with E-state index in [4.69, 9.17) is 4.74 Å². The Hall–Kier alpha value is -2.17. The summed E-state index contributed by atoms with van der Waals surface area (Å²) in [6.07, 6.45) is 0. The molecule has 23 heavy (non-hydrogen) atoms. The second-order valence-corrected chi connectivity index (χ2v) is 5.89. The lowest BCUT2D eigenvalue weighted by molar-refractivity contribution is -0.921. The first kappa shape index (κ1) is 15.7. The summed E-state index contributed by atoms with van der Waals surface area (Å²) in [4.78, 5) is 13.9. The Morgan fingerprint density at radius 1 is 1.04 bits per heavy atom. The van der Waals surface area contributed by atoms with Crippen molar-refractivity contribution in [2.45, 2.75) is 13.0 Å². The number of para-hydroxylation sites is 1. The summed E-state index contributed by atoms with van der Waals surface area (Å²) in [5, 5.41) is 3.11. The van der Waals surface area contributed by atoms with Crippen molar-refractivity contribution in [3.05, 3.63) is 54.6 Å². The van der Waals surface area contributed by atoms with Gasteiger partial charge in [0.15, 0.2) is 6.04 Å². The van der Waals surface area contributed by atoms with Crippen molar-refractivity contribution in [2.24, 2.45) is 0 Å². The summed E-state index contributed by atoms with van der Waals surface area (Å²) < 4.78 is 5.37. The van der Waals surface area contributed by atoms with Crippen molar-refractivity contribution in [2.75, 3.05) is 31.6 Å². The lowest BCUT2D eigenvalue weighted by Gasteiger charge is -2.28. The third-order valence-electron chi connectivity index (χ3n) is 4.41. The summed E-state index contributed by atoms with van der Waals surface area (Å²) >= 11 is 0. The molecule has 4 nitrogen and oxygen atoms in total. The zero-order valence-corrected chi connectivity index (χ0v) is 13.4. The van der Waals surface area contributed by atoms with Crippen LogP contribution in [0.15, 0.2) is 54.6 Å². The lowest BCUT2D eigenvalue weighted by Crippen LogP contribution is -3.18. The number of hydrogen-bond acceptors (Lipinski definition) is 2. The summed E-state index contributed by atoms with van der Waals surface area (Å²) in [5.74, 6) is 0.0604. The fraction of sp³-hybridized carbons (Fsp3) is 0.316. The number of anilines is 1. The van der Waals surface area contributed by atoms with Crippen LogP contribution in [0, 0.1) is 0 Å². The SMILES string of the molecule is C[C@H](C(=O)Nc1ccccc1-c1ccccc1)[NH+]1CCOCC1. The minimum Gasteiger partial charge on any atom is -0.370 e. The van der Waals surface area contributed by atoms with Crippen LogP contribution in [0.2, 0.25) is 0 Å². The molecule has 1 saturated heterocycles. The van der Waals surface area contributed by atoms with E-state index < -0.39 is 0 Å². The maximum atomic E-state index is 12.6. The maximum Gasteiger partial charge on any atom is 0.282 e. The summed E-state index contributed by atoms with van der Waals surface area (Å²) in [5.41, 5.74) is 3.02. The standard InChI is InChI=1S/C19H22N2O2/c1-15(21-11-13-23-14-12-21)19(22)20-18-10-6-5-9-17(18)16-7-3-2-4-8-16/h2-10,15H,11-14H2,1H3,(H,20,22)/p+1/t15-/m1/s1. The number of nitrogens with one attached hydrogen (secondary N) is 2. The fourth-order valence-electron chi connectivity index (χ4n) is 2.95. The third kappa shape index (κ3) is 3.78. The minimum absolute atomic E-state index is 0.0604. The highest BCUT2D eigenvalue weighted by Gasteiger charge is 2.27. The van der Waals surface area contributed by atoms with Crippen LogP contribution < -0.4 is 10.2 Å². The molecule has 4 heteroatoms. The molecule has 0 bridgehead atoms. The van der Waals surface area contributed by atoms with Gasteiger partial charge in [-0.3, -0.25) is 4.79 Å². The van der Waals surface area contributed by atoms with Crippen LogP contribution >= 0.6 is 0 Å². The quantitative estimate of drug-likeness (QED) is 0.900. The molecule has 1 amide bonds. The molecule has 1 fully saturated rings. The highest BCUT2D eigenvalue weighted by atomic mass is 16.5. The van der Waals surface area contributed by atoms with Gasteiger partial charge in [-0.15, -0.1) is 0 Å². The molecule has 0 aliphatic carbocycles. The van der Waals surface area contributed by atoms with Crippen molar-refractivity contribution in [1.82, 2.24) is 0 Å². The molecular weight excluding hydrogens is 288 g/mol. The molecule has 0 spiro atoms. The van der Waals surface area contributed by atoms with Crippen molar-refractivity contribution in [1.29, 1.82) is 0 Å². The molecule has 2 aromatic rings. The van der Waals surface area contributed by atoms with Gasteiger partial charge in [-0.1, -0.05) is 48.5 Å². The van der Waals surface area contributed by atoms with Gasteiger partial charge in [-0.05, 0) is 18.6 Å². The zero-order chi connectivity index (χ0) is 16.1. The summed E-state index contributed by atoms with van der Waals surface area (Å²) in [7, 11) is 0. The topological polar surface area (TPSA) is 42.8 Å². The van der Waals surface area contributed by atoms with Crippen molar-refractivity contribution < 1.29 is 14.4 Å². The van der Waals surface area contributed by atoms with E-state index in [1.165, 1.54) is 4.90 Å². The number of benzene rings is 2. The number of quaternary nitrogens is 1. The van der Waals surface area contributed by atoms with Gasteiger partial charge in [-0.2, -0.15) is 0 Å². The smallest absolute Gasteiger partial charge is 0.282 e. The van der Waals surface area contributed by atoms with E-state index in [0.717, 1.165) is 43.1 Å². The Bertz CT molecular complexity index is 651.